The van der Waals surface area contributed by atoms with Crippen LogP contribution in [0.4, 0.5) is 0 Å². The lowest BCUT2D eigenvalue weighted by molar-refractivity contribution is 0.245. The van der Waals surface area contributed by atoms with Gasteiger partial charge < -0.3 is 5.32 Å². The summed E-state index contributed by atoms with van der Waals surface area (Å²) in [5.41, 5.74) is 3.10. The van der Waals surface area contributed by atoms with E-state index in [1.54, 1.807) is 0 Å². The molecular formula is C16H22N2. The largest absolute Gasteiger partial charge is 0.306 e. The lowest BCUT2D eigenvalue weighted by Gasteiger charge is -2.31. The first-order valence-electron chi connectivity index (χ1n) is 6.79. The van der Waals surface area contributed by atoms with E-state index < -0.39 is 0 Å². The zero-order chi connectivity index (χ0) is 13.2. The zero-order valence-electron chi connectivity index (χ0n) is 11.5. The molecule has 0 amide bonds. The van der Waals surface area contributed by atoms with Gasteiger partial charge in [-0.05, 0) is 29.4 Å². The van der Waals surface area contributed by atoms with Crippen molar-refractivity contribution >= 4 is 0 Å². The molecule has 0 fully saturated rings. The summed E-state index contributed by atoms with van der Waals surface area (Å²) < 4.78 is 0. The molecule has 2 atom stereocenters. The minimum Gasteiger partial charge on any atom is -0.306 e. The van der Waals surface area contributed by atoms with Crippen LogP contribution in [0.25, 0.3) is 0 Å². The van der Waals surface area contributed by atoms with E-state index in [9.17, 15) is 0 Å². The van der Waals surface area contributed by atoms with Gasteiger partial charge >= 0.3 is 0 Å². The van der Waals surface area contributed by atoms with E-state index in [1.165, 1.54) is 11.1 Å². The molecule has 0 spiro atoms. The lowest BCUT2D eigenvalue weighted by atomic mass is 9.84. The van der Waals surface area contributed by atoms with Crippen molar-refractivity contribution in [1.82, 2.24) is 5.32 Å². The van der Waals surface area contributed by atoms with E-state index in [4.69, 9.17) is 5.26 Å². The van der Waals surface area contributed by atoms with Crippen LogP contribution in [-0.4, -0.2) is 6.04 Å². The van der Waals surface area contributed by atoms with Gasteiger partial charge in [0.25, 0.3) is 0 Å². The first-order valence-corrected chi connectivity index (χ1v) is 6.79. The van der Waals surface area contributed by atoms with Crippen molar-refractivity contribution in [1.29, 1.82) is 5.26 Å². The summed E-state index contributed by atoms with van der Waals surface area (Å²) in [4.78, 5) is 0. The molecule has 0 saturated carbocycles. The molecule has 0 heterocycles. The van der Waals surface area contributed by atoms with E-state index >= 15 is 0 Å². The van der Waals surface area contributed by atoms with Crippen LogP contribution >= 0.6 is 0 Å². The second kappa shape index (κ2) is 5.12. The van der Waals surface area contributed by atoms with Crippen molar-refractivity contribution in [2.24, 2.45) is 5.41 Å². The molecule has 0 aliphatic heterocycles. The summed E-state index contributed by atoms with van der Waals surface area (Å²) >= 11 is 0. The highest BCUT2D eigenvalue weighted by atomic mass is 15.0. The number of fused-ring (bicyclic) bond motifs is 1. The summed E-state index contributed by atoms with van der Waals surface area (Å²) in [7, 11) is 0. The number of hydrogen-bond donors (Lipinski definition) is 1. The van der Waals surface area contributed by atoms with E-state index in [0.29, 0.717) is 18.5 Å². The van der Waals surface area contributed by atoms with Gasteiger partial charge in [0.05, 0.1) is 12.5 Å². The Hall–Kier alpha value is -1.33. The Labute approximate surface area is 110 Å². The molecule has 1 aromatic rings. The highest BCUT2D eigenvalue weighted by Crippen LogP contribution is 2.45. The molecule has 0 bridgehead atoms. The molecule has 1 aliphatic carbocycles. The third kappa shape index (κ3) is 2.42. The van der Waals surface area contributed by atoms with E-state index in [-0.39, 0.29) is 5.41 Å². The molecule has 1 aromatic carbocycles. The van der Waals surface area contributed by atoms with Crippen molar-refractivity contribution in [3.63, 3.8) is 0 Å². The number of nitrogens with zero attached hydrogens (tertiary/aromatic N) is 1. The Morgan fingerprint density at radius 1 is 1.44 bits per heavy atom. The molecule has 96 valence electrons. The van der Waals surface area contributed by atoms with Crippen molar-refractivity contribution in [3.05, 3.63) is 35.4 Å². The van der Waals surface area contributed by atoms with Crippen LogP contribution in [-0.2, 0) is 6.42 Å². The Balaban J connectivity index is 2.23. The third-order valence-electron chi connectivity index (χ3n) is 4.03. The highest BCUT2D eigenvalue weighted by molar-refractivity contribution is 5.37. The molecule has 2 unspecified atom stereocenters. The summed E-state index contributed by atoms with van der Waals surface area (Å²) in [6.07, 6.45) is 2.71. The van der Waals surface area contributed by atoms with Crippen LogP contribution in [0.5, 0.6) is 0 Å². The lowest BCUT2D eigenvalue weighted by Crippen LogP contribution is -2.38. The minimum atomic E-state index is 0.229. The van der Waals surface area contributed by atoms with Gasteiger partial charge in [0, 0.05) is 12.1 Å². The molecule has 2 heteroatoms. The zero-order valence-corrected chi connectivity index (χ0v) is 11.5. The molecular weight excluding hydrogens is 220 g/mol. The fraction of sp³-hybridized carbons (Fsp3) is 0.562. The first kappa shape index (κ1) is 13.1. The fourth-order valence-electron chi connectivity index (χ4n) is 2.97. The van der Waals surface area contributed by atoms with Crippen LogP contribution in [0.1, 0.15) is 50.8 Å². The number of hydrogen-bond acceptors (Lipinski definition) is 2. The number of nitrogens with one attached hydrogen (secondary N) is 1. The fourth-order valence-corrected chi connectivity index (χ4v) is 2.97. The van der Waals surface area contributed by atoms with E-state index in [1.807, 2.05) is 0 Å². The van der Waals surface area contributed by atoms with Gasteiger partial charge in [0.1, 0.15) is 0 Å². The van der Waals surface area contributed by atoms with Gasteiger partial charge in [0.2, 0.25) is 0 Å². The number of rotatable bonds is 4. The van der Waals surface area contributed by atoms with Crippen LogP contribution in [0.2, 0.25) is 0 Å². The van der Waals surface area contributed by atoms with Crippen LogP contribution < -0.4 is 5.32 Å². The topological polar surface area (TPSA) is 35.8 Å². The van der Waals surface area contributed by atoms with Crippen LogP contribution in [0.15, 0.2) is 24.3 Å². The molecule has 1 N–H and O–H groups in total. The average molecular weight is 242 g/mol. The van der Waals surface area contributed by atoms with Gasteiger partial charge in [-0.25, -0.2) is 0 Å². The summed E-state index contributed by atoms with van der Waals surface area (Å²) in [6.45, 7) is 6.76. The van der Waals surface area contributed by atoms with Crippen LogP contribution in [0, 0.1) is 16.7 Å². The minimum absolute atomic E-state index is 0.229. The molecule has 0 saturated heterocycles. The summed E-state index contributed by atoms with van der Waals surface area (Å²) in [6, 6.07) is 11.6. The van der Waals surface area contributed by atoms with Gasteiger partial charge in [0.15, 0.2) is 0 Å². The Morgan fingerprint density at radius 3 is 2.83 bits per heavy atom. The second-order valence-corrected chi connectivity index (χ2v) is 5.93. The van der Waals surface area contributed by atoms with Crippen molar-refractivity contribution in [2.75, 3.05) is 0 Å². The monoisotopic (exact) mass is 242 g/mol. The summed E-state index contributed by atoms with van der Waals surface area (Å²) in [5.74, 6) is 0. The van der Waals surface area contributed by atoms with Crippen molar-refractivity contribution < 1.29 is 0 Å². The normalized spacial score (nSPS) is 22.2. The standard InChI is InChI=1S/C16H22N2/c1-4-13(9-10-17)18-15-14-8-6-5-7-12(14)11-16(15,2)3/h5-8,13,15,18H,4,9,11H2,1-3H3. The Kier molecular flexibility index (Phi) is 3.73. The van der Waals surface area contributed by atoms with Gasteiger partial charge in [-0.3, -0.25) is 0 Å². The highest BCUT2D eigenvalue weighted by Gasteiger charge is 2.39. The maximum absolute atomic E-state index is 8.88. The molecule has 0 radical (unpaired) electrons. The second-order valence-electron chi connectivity index (χ2n) is 5.93. The predicted octanol–water partition coefficient (Wildman–Crippen LogP) is 3.59. The third-order valence-corrected chi connectivity index (χ3v) is 4.03. The summed E-state index contributed by atoms with van der Waals surface area (Å²) in [5, 5.41) is 12.6. The predicted molar refractivity (Wildman–Crippen MR) is 74.1 cm³/mol. The van der Waals surface area contributed by atoms with Crippen molar-refractivity contribution in [3.8, 4) is 6.07 Å². The van der Waals surface area contributed by atoms with Crippen LogP contribution in [0.3, 0.4) is 0 Å². The number of nitriles is 1. The molecule has 18 heavy (non-hydrogen) atoms. The van der Waals surface area contributed by atoms with Crippen molar-refractivity contribution in [2.45, 2.75) is 52.1 Å². The molecule has 2 nitrogen and oxygen atoms in total. The van der Waals surface area contributed by atoms with E-state index in [0.717, 1.165) is 12.8 Å². The Morgan fingerprint density at radius 2 is 2.17 bits per heavy atom. The molecule has 1 aliphatic rings. The van der Waals surface area contributed by atoms with Gasteiger partial charge in [-0.15, -0.1) is 0 Å². The smallest absolute Gasteiger partial charge is 0.0638 e. The first-order chi connectivity index (χ1) is 8.58. The SMILES string of the molecule is CCC(CC#N)NC1c2ccccc2CC1(C)C. The maximum Gasteiger partial charge on any atom is 0.0638 e. The van der Waals surface area contributed by atoms with E-state index in [2.05, 4.69) is 56.4 Å². The Bertz CT molecular complexity index is 456. The molecule has 0 aromatic heterocycles. The number of benzene rings is 1. The quantitative estimate of drug-likeness (QED) is 0.875. The van der Waals surface area contributed by atoms with Gasteiger partial charge in [-0.1, -0.05) is 45.0 Å². The average Bonchev–Trinajstić information content (AvgIpc) is 2.59. The molecule has 2 rings (SSSR count). The van der Waals surface area contributed by atoms with Gasteiger partial charge in [-0.2, -0.15) is 5.26 Å². The maximum atomic E-state index is 8.88.